The molecule has 0 atom stereocenters. The van der Waals surface area contributed by atoms with Gasteiger partial charge < -0.3 is 15.0 Å². The maximum atomic E-state index is 12.8. The minimum absolute atomic E-state index is 0.0746. The summed E-state index contributed by atoms with van der Waals surface area (Å²) in [7, 11) is -2.44. The number of methoxy groups -OCH3 is 1. The van der Waals surface area contributed by atoms with E-state index in [4.69, 9.17) is 4.74 Å². The molecule has 2 N–H and O–H groups in total. The predicted octanol–water partition coefficient (Wildman–Crippen LogP) is 4.33. The van der Waals surface area contributed by atoms with Gasteiger partial charge in [0.05, 0.1) is 7.11 Å². The van der Waals surface area contributed by atoms with Crippen LogP contribution in [0, 0.1) is 0 Å². The molecule has 0 saturated heterocycles. The summed E-state index contributed by atoms with van der Waals surface area (Å²) in [5, 5.41) is 2.84. The third-order valence-electron chi connectivity index (χ3n) is 5.43. The lowest BCUT2D eigenvalue weighted by Gasteiger charge is -2.20. The molecule has 4 rings (SSSR count). The average Bonchev–Trinajstić information content (AvgIpc) is 3.22. The number of nitrogens with one attached hydrogen (secondary N) is 2. The first-order valence-corrected chi connectivity index (χ1v) is 12.2. The number of rotatable bonds is 7. The van der Waals surface area contributed by atoms with Gasteiger partial charge in [0.1, 0.15) is 10.6 Å². The zero-order chi connectivity index (χ0) is 23.6. The molecule has 7 nitrogen and oxygen atoms in total. The summed E-state index contributed by atoms with van der Waals surface area (Å²) >= 11 is 0. The lowest BCUT2D eigenvalue weighted by atomic mass is 10.1. The predicted molar refractivity (Wildman–Crippen MR) is 130 cm³/mol. The smallest absolute Gasteiger partial charge is 0.255 e. The van der Waals surface area contributed by atoms with E-state index in [1.165, 1.54) is 36.6 Å². The molecule has 33 heavy (non-hydrogen) atoms. The number of amides is 1. The second-order valence-electron chi connectivity index (χ2n) is 8.17. The molecule has 1 heterocycles. The van der Waals surface area contributed by atoms with Crippen molar-refractivity contribution in [2.45, 2.75) is 31.2 Å². The lowest BCUT2D eigenvalue weighted by molar-refractivity contribution is 0.102. The van der Waals surface area contributed by atoms with E-state index in [0.717, 1.165) is 18.7 Å². The highest BCUT2D eigenvalue weighted by molar-refractivity contribution is 7.89. The number of fused-ring (bicyclic) bond motifs is 1. The third kappa shape index (κ3) is 4.86. The van der Waals surface area contributed by atoms with E-state index in [2.05, 4.69) is 33.1 Å². The van der Waals surface area contributed by atoms with E-state index in [9.17, 15) is 13.2 Å². The minimum atomic E-state index is -3.83. The van der Waals surface area contributed by atoms with Crippen molar-refractivity contribution < 1.29 is 17.9 Å². The van der Waals surface area contributed by atoms with Gasteiger partial charge in [0.2, 0.25) is 10.0 Å². The van der Waals surface area contributed by atoms with Crippen LogP contribution in [0.2, 0.25) is 0 Å². The minimum Gasteiger partial charge on any atom is -0.495 e. The third-order valence-corrected chi connectivity index (χ3v) is 7.11. The molecular formula is C25H27N3O4S. The summed E-state index contributed by atoms with van der Waals surface area (Å²) < 4.78 is 33.1. The Balaban J connectivity index is 1.52. The van der Waals surface area contributed by atoms with Crippen LogP contribution in [0.5, 0.6) is 5.75 Å². The number of ether oxygens (including phenoxy) is 1. The Morgan fingerprint density at radius 1 is 1.03 bits per heavy atom. The van der Waals surface area contributed by atoms with E-state index in [1.54, 1.807) is 13.8 Å². The number of anilines is 3. The molecule has 1 aliphatic rings. The first-order valence-electron chi connectivity index (χ1n) is 10.8. The lowest BCUT2D eigenvalue weighted by Crippen LogP contribution is -2.30. The Morgan fingerprint density at radius 2 is 1.76 bits per heavy atom. The van der Waals surface area contributed by atoms with E-state index in [-0.39, 0.29) is 22.3 Å². The van der Waals surface area contributed by atoms with Gasteiger partial charge in [-0.2, -0.15) is 0 Å². The van der Waals surface area contributed by atoms with Crippen LogP contribution in [-0.4, -0.2) is 34.0 Å². The van der Waals surface area contributed by atoms with Crippen molar-refractivity contribution in [1.82, 2.24) is 4.72 Å². The Bertz CT molecular complexity index is 1270. The number of hydrogen-bond donors (Lipinski definition) is 2. The fourth-order valence-electron chi connectivity index (χ4n) is 3.94. The second kappa shape index (κ2) is 9.25. The monoisotopic (exact) mass is 465 g/mol. The summed E-state index contributed by atoms with van der Waals surface area (Å²) in [6.45, 7) is 4.37. The van der Waals surface area contributed by atoms with E-state index in [1.807, 2.05) is 30.3 Å². The Hall–Kier alpha value is -3.36. The molecule has 0 aliphatic carbocycles. The number of carbonyl (C=O) groups excluding carboxylic acids is 1. The zero-order valence-electron chi connectivity index (χ0n) is 18.8. The number of para-hydroxylation sites is 1. The highest BCUT2D eigenvalue weighted by Gasteiger charge is 2.23. The molecule has 0 spiro atoms. The van der Waals surface area contributed by atoms with Gasteiger partial charge in [-0.3, -0.25) is 4.79 Å². The molecule has 1 aliphatic heterocycles. The van der Waals surface area contributed by atoms with Gasteiger partial charge in [0.25, 0.3) is 5.91 Å². The van der Waals surface area contributed by atoms with Gasteiger partial charge >= 0.3 is 0 Å². The van der Waals surface area contributed by atoms with Crippen LogP contribution in [0.15, 0.2) is 71.6 Å². The second-order valence-corrected chi connectivity index (χ2v) is 9.86. The standard InChI is InChI=1S/C25H27N3O4S/c1-17(2)27-33(30,31)24-16-19(8-13-23(24)32-3)25(29)26-20-9-11-21(12-10-20)28-15-14-18-6-4-5-7-22(18)28/h4-13,16-17,27H,14-15H2,1-3H3,(H,26,29). The van der Waals surface area contributed by atoms with Crippen molar-refractivity contribution in [3.05, 3.63) is 77.9 Å². The van der Waals surface area contributed by atoms with Crippen molar-refractivity contribution >= 4 is 33.0 Å². The van der Waals surface area contributed by atoms with Gasteiger partial charge in [0, 0.05) is 35.2 Å². The van der Waals surface area contributed by atoms with Crippen LogP contribution in [0.3, 0.4) is 0 Å². The summed E-state index contributed by atoms with van der Waals surface area (Å²) in [5.74, 6) is -0.229. The van der Waals surface area contributed by atoms with Crippen LogP contribution < -0.4 is 19.7 Å². The number of nitrogens with zero attached hydrogens (tertiary/aromatic N) is 1. The summed E-state index contributed by atoms with van der Waals surface area (Å²) in [6.07, 6.45) is 1.00. The molecule has 0 unspecified atom stereocenters. The normalized spacial score (nSPS) is 13.2. The van der Waals surface area contributed by atoms with E-state index < -0.39 is 15.9 Å². The number of carbonyl (C=O) groups is 1. The molecule has 172 valence electrons. The van der Waals surface area contributed by atoms with Crippen LogP contribution in [-0.2, 0) is 16.4 Å². The Kier molecular flexibility index (Phi) is 6.40. The molecule has 0 bridgehead atoms. The molecule has 0 radical (unpaired) electrons. The molecule has 0 fully saturated rings. The fraction of sp³-hybridized carbons (Fsp3) is 0.240. The zero-order valence-corrected chi connectivity index (χ0v) is 19.6. The molecule has 3 aromatic rings. The number of sulfonamides is 1. The van der Waals surface area contributed by atoms with Crippen molar-refractivity contribution in [2.24, 2.45) is 0 Å². The number of benzene rings is 3. The molecule has 3 aromatic carbocycles. The summed E-state index contributed by atoms with van der Waals surface area (Å²) in [5.41, 5.74) is 4.42. The van der Waals surface area contributed by atoms with Gasteiger partial charge in [-0.05, 0) is 74.4 Å². The molecule has 0 saturated carbocycles. The maximum absolute atomic E-state index is 12.8. The van der Waals surface area contributed by atoms with Crippen LogP contribution in [0.25, 0.3) is 0 Å². The number of hydrogen-bond acceptors (Lipinski definition) is 5. The van der Waals surface area contributed by atoms with E-state index in [0.29, 0.717) is 5.69 Å². The quantitative estimate of drug-likeness (QED) is 0.542. The molecule has 1 amide bonds. The topological polar surface area (TPSA) is 87.7 Å². The van der Waals surface area contributed by atoms with Gasteiger partial charge in [0.15, 0.2) is 0 Å². The van der Waals surface area contributed by atoms with Crippen molar-refractivity contribution in [1.29, 1.82) is 0 Å². The van der Waals surface area contributed by atoms with Crippen LogP contribution in [0.1, 0.15) is 29.8 Å². The SMILES string of the molecule is COc1ccc(C(=O)Nc2ccc(N3CCc4ccccc43)cc2)cc1S(=O)(=O)NC(C)C. The van der Waals surface area contributed by atoms with Crippen LogP contribution in [0.4, 0.5) is 17.1 Å². The highest BCUT2D eigenvalue weighted by atomic mass is 32.2. The molecule has 8 heteroatoms. The molecule has 0 aromatic heterocycles. The van der Waals surface area contributed by atoms with Gasteiger partial charge in [-0.1, -0.05) is 18.2 Å². The largest absolute Gasteiger partial charge is 0.495 e. The first kappa shape index (κ1) is 22.8. The Labute approximate surface area is 194 Å². The molecular weight excluding hydrogens is 438 g/mol. The first-order chi connectivity index (χ1) is 15.8. The van der Waals surface area contributed by atoms with Crippen molar-refractivity contribution in [3.8, 4) is 5.75 Å². The van der Waals surface area contributed by atoms with Crippen molar-refractivity contribution in [3.63, 3.8) is 0 Å². The summed E-state index contributed by atoms with van der Waals surface area (Å²) in [6, 6.07) is 20.0. The van der Waals surface area contributed by atoms with Gasteiger partial charge in [-0.25, -0.2) is 13.1 Å². The van der Waals surface area contributed by atoms with E-state index >= 15 is 0 Å². The highest BCUT2D eigenvalue weighted by Crippen LogP contribution is 2.34. The van der Waals surface area contributed by atoms with Gasteiger partial charge in [-0.15, -0.1) is 0 Å². The summed E-state index contributed by atoms with van der Waals surface area (Å²) in [4.78, 5) is 15.0. The van der Waals surface area contributed by atoms with Crippen LogP contribution >= 0.6 is 0 Å². The van der Waals surface area contributed by atoms with Crippen molar-refractivity contribution in [2.75, 3.05) is 23.9 Å². The maximum Gasteiger partial charge on any atom is 0.255 e. The average molecular weight is 466 g/mol. The Morgan fingerprint density at radius 3 is 2.45 bits per heavy atom. The fourth-order valence-corrected chi connectivity index (χ4v) is 5.38.